The monoisotopic (exact) mass is 297 g/mol. The molecule has 3 aliphatic rings. The van der Waals surface area contributed by atoms with E-state index in [-0.39, 0.29) is 0 Å². The number of benzene rings is 1. The lowest BCUT2D eigenvalue weighted by Crippen LogP contribution is -2.53. The van der Waals surface area contributed by atoms with Crippen molar-refractivity contribution in [3.63, 3.8) is 0 Å². The number of nitrogens with zero attached hydrogens (tertiary/aromatic N) is 2. The molecular formula is C18H23N3O. The highest BCUT2D eigenvalue weighted by Gasteiger charge is 2.42. The van der Waals surface area contributed by atoms with Crippen LogP contribution in [0.1, 0.15) is 36.6 Å². The topological polar surface area (TPSA) is 31.5 Å². The van der Waals surface area contributed by atoms with Crippen molar-refractivity contribution in [2.45, 2.75) is 37.9 Å². The Kier molecular flexibility index (Phi) is 2.79. The van der Waals surface area contributed by atoms with Crippen LogP contribution in [0.2, 0.25) is 0 Å². The highest BCUT2D eigenvalue weighted by Crippen LogP contribution is 2.42. The molecule has 0 unspecified atom stereocenters. The first kappa shape index (κ1) is 13.0. The molecule has 0 radical (unpaired) electrons. The first-order valence-electron chi connectivity index (χ1n) is 8.53. The van der Waals surface area contributed by atoms with E-state index in [2.05, 4.69) is 33.0 Å². The Morgan fingerprint density at radius 3 is 3.05 bits per heavy atom. The summed E-state index contributed by atoms with van der Waals surface area (Å²) < 4.78 is 5.42. The van der Waals surface area contributed by atoms with Crippen LogP contribution >= 0.6 is 0 Å². The molecule has 0 aliphatic carbocycles. The summed E-state index contributed by atoms with van der Waals surface area (Å²) in [5, 5.41) is 1.36. The Hall–Kier alpha value is -1.52. The minimum Gasteiger partial charge on any atom is -0.497 e. The Labute approximate surface area is 131 Å². The largest absolute Gasteiger partial charge is 0.497 e. The molecule has 2 aromatic rings. The van der Waals surface area contributed by atoms with E-state index in [4.69, 9.17) is 4.74 Å². The van der Waals surface area contributed by atoms with Gasteiger partial charge in [-0.15, -0.1) is 0 Å². The Bertz CT molecular complexity index is 722. The molecule has 0 spiro atoms. The van der Waals surface area contributed by atoms with E-state index in [9.17, 15) is 0 Å². The maximum Gasteiger partial charge on any atom is 0.119 e. The van der Waals surface area contributed by atoms with Gasteiger partial charge in [-0.2, -0.15) is 0 Å². The fourth-order valence-corrected chi connectivity index (χ4v) is 4.89. The van der Waals surface area contributed by atoms with E-state index in [1.807, 2.05) is 0 Å². The van der Waals surface area contributed by atoms with Gasteiger partial charge in [-0.3, -0.25) is 9.80 Å². The summed E-state index contributed by atoms with van der Waals surface area (Å²) in [6, 6.07) is 7.01. The van der Waals surface area contributed by atoms with Crippen molar-refractivity contribution < 1.29 is 4.74 Å². The van der Waals surface area contributed by atoms with Gasteiger partial charge < -0.3 is 9.72 Å². The zero-order valence-electron chi connectivity index (χ0n) is 13.1. The second-order valence-corrected chi connectivity index (χ2v) is 6.88. The first-order chi connectivity index (χ1) is 10.8. The zero-order valence-corrected chi connectivity index (χ0v) is 13.1. The molecular weight excluding hydrogens is 274 g/mol. The Morgan fingerprint density at radius 2 is 2.14 bits per heavy atom. The van der Waals surface area contributed by atoms with Gasteiger partial charge >= 0.3 is 0 Å². The number of rotatable bonds is 1. The number of nitrogens with one attached hydrogen (secondary N) is 1. The quantitative estimate of drug-likeness (QED) is 0.878. The molecule has 22 heavy (non-hydrogen) atoms. The molecule has 1 aromatic carbocycles. The molecule has 0 saturated carbocycles. The van der Waals surface area contributed by atoms with Crippen LogP contribution in [0.15, 0.2) is 18.2 Å². The van der Waals surface area contributed by atoms with Gasteiger partial charge in [-0.25, -0.2) is 0 Å². The van der Waals surface area contributed by atoms with Crippen molar-refractivity contribution in [3.05, 3.63) is 29.5 Å². The highest BCUT2D eigenvalue weighted by molar-refractivity contribution is 5.86. The number of hydrogen-bond donors (Lipinski definition) is 1. The zero-order chi connectivity index (χ0) is 14.7. The molecule has 2 atom stereocenters. The molecule has 2 fully saturated rings. The third-order valence-electron chi connectivity index (χ3n) is 5.90. The molecule has 1 N–H and O–H groups in total. The third-order valence-corrected chi connectivity index (χ3v) is 5.90. The van der Waals surface area contributed by atoms with Crippen molar-refractivity contribution in [3.8, 4) is 5.75 Å². The van der Waals surface area contributed by atoms with Crippen LogP contribution in [-0.4, -0.2) is 47.7 Å². The van der Waals surface area contributed by atoms with Gasteiger partial charge in [0.2, 0.25) is 0 Å². The van der Waals surface area contributed by atoms with Crippen LogP contribution in [-0.2, 0) is 6.42 Å². The minimum absolute atomic E-state index is 0.585. The van der Waals surface area contributed by atoms with Gasteiger partial charge in [-0.05, 0) is 56.0 Å². The normalized spacial score (nSPS) is 28.4. The van der Waals surface area contributed by atoms with E-state index in [1.54, 1.807) is 7.11 Å². The number of hydrogen-bond acceptors (Lipinski definition) is 3. The van der Waals surface area contributed by atoms with E-state index >= 15 is 0 Å². The van der Waals surface area contributed by atoms with Gasteiger partial charge in [0.05, 0.1) is 19.3 Å². The maximum absolute atomic E-state index is 5.42. The average molecular weight is 297 g/mol. The summed E-state index contributed by atoms with van der Waals surface area (Å²) in [6.45, 7) is 3.75. The second kappa shape index (κ2) is 4.74. The Balaban J connectivity index is 1.60. The van der Waals surface area contributed by atoms with Crippen LogP contribution < -0.4 is 4.74 Å². The highest BCUT2D eigenvalue weighted by atomic mass is 16.5. The van der Waals surface area contributed by atoms with Crippen molar-refractivity contribution in [1.82, 2.24) is 14.8 Å². The summed E-state index contributed by atoms with van der Waals surface area (Å²) in [5.41, 5.74) is 4.27. The molecule has 2 saturated heterocycles. The van der Waals surface area contributed by atoms with Gasteiger partial charge in [0.25, 0.3) is 0 Å². The molecule has 1 aromatic heterocycles. The predicted molar refractivity (Wildman–Crippen MR) is 87.2 cm³/mol. The van der Waals surface area contributed by atoms with E-state index in [0.29, 0.717) is 12.2 Å². The van der Waals surface area contributed by atoms with Gasteiger partial charge in [-0.1, -0.05) is 0 Å². The van der Waals surface area contributed by atoms with Gasteiger partial charge in [0, 0.05) is 29.7 Å². The smallest absolute Gasteiger partial charge is 0.119 e. The SMILES string of the molecule is COc1ccc2[nH]c3c(c2c1)CCN1[C@H]3CCN2CCC[C@@H]21. The number of fused-ring (bicyclic) bond motifs is 7. The second-order valence-electron chi connectivity index (χ2n) is 6.88. The van der Waals surface area contributed by atoms with E-state index in [1.165, 1.54) is 61.1 Å². The molecule has 5 rings (SSSR count). The number of H-pyrrole nitrogens is 1. The number of aromatic amines is 1. The molecule has 4 heterocycles. The standard InChI is InChI=1S/C18H23N3O/c1-22-12-4-5-15-14(11-12)13-6-10-21-16(18(13)19-15)7-9-20-8-2-3-17(20)21/h4-5,11,16-17,19H,2-3,6-10H2,1H3/t16-,17-/m0/s1. The van der Waals surface area contributed by atoms with Crippen LogP contribution in [0.4, 0.5) is 0 Å². The maximum atomic E-state index is 5.42. The van der Waals surface area contributed by atoms with Crippen molar-refractivity contribution >= 4 is 10.9 Å². The predicted octanol–water partition coefficient (Wildman–Crippen LogP) is 2.90. The average Bonchev–Trinajstić information content (AvgIpc) is 3.18. The molecule has 0 amide bonds. The van der Waals surface area contributed by atoms with Crippen molar-refractivity contribution in [1.29, 1.82) is 0 Å². The summed E-state index contributed by atoms with van der Waals surface area (Å²) >= 11 is 0. The first-order valence-corrected chi connectivity index (χ1v) is 8.53. The lowest BCUT2D eigenvalue weighted by molar-refractivity contribution is -0.0161. The van der Waals surface area contributed by atoms with Crippen LogP contribution in [0.25, 0.3) is 10.9 Å². The van der Waals surface area contributed by atoms with Crippen LogP contribution in [0.5, 0.6) is 5.75 Å². The summed E-state index contributed by atoms with van der Waals surface area (Å²) in [5.74, 6) is 0.961. The summed E-state index contributed by atoms with van der Waals surface area (Å²) in [6.07, 6.45) is 5.81. The molecule has 0 bridgehead atoms. The molecule has 116 valence electrons. The van der Waals surface area contributed by atoms with Gasteiger partial charge in [0.1, 0.15) is 5.75 Å². The van der Waals surface area contributed by atoms with E-state index < -0.39 is 0 Å². The van der Waals surface area contributed by atoms with Crippen molar-refractivity contribution in [2.24, 2.45) is 0 Å². The summed E-state index contributed by atoms with van der Waals surface area (Å²) in [7, 11) is 1.75. The lowest BCUT2D eigenvalue weighted by Gasteiger charge is -2.47. The molecule has 3 aliphatic heterocycles. The molecule has 4 nitrogen and oxygen atoms in total. The van der Waals surface area contributed by atoms with Gasteiger partial charge in [0.15, 0.2) is 0 Å². The summed E-state index contributed by atoms with van der Waals surface area (Å²) in [4.78, 5) is 9.17. The number of methoxy groups -OCH3 is 1. The van der Waals surface area contributed by atoms with Crippen molar-refractivity contribution in [2.75, 3.05) is 26.7 Å². The number of ether oxygens (including phenoxy) is 1. The number of aromatic nitrogens is 1. The fourth-order valence-electron chi connectivity index (χ4n) is 4.89. The Morgan fingerprint density at radius 1 is 1.18 bits per heavy atom. The lowest BCUT2D eigenvalue weighted by atomic mass is 9.92. The molecule has 4 heteroatoms. The third kappa shape index (κ3) is 1.71. The minimum atomic E-state index is 0.585. The van der Waals surface area contributed by atoms with Crippen LogP contribution in [0.3, 0.4) is 0 Å². The fraction of sp³-hybridized carbons (Fsp3) is 0.556. The van der Waals surface area contributed by atoms with E-state index in [0.717, 1.165) is 12.2 Å². The van der Waals surface area contributed by atoms with Crippen LogP contribution in [0, 0.1) is 0 Å².